The van der Waals surface area contributed by atoms with Gasteiger partial charge in [0.1, 0.15) is 0 Å². The first-order valence-electron chi connectivity index (χ1n) is 9.02. The second-order valence-corrected chi connectivity index (χ2v) is 6.42. The summed E-state index contributed by atoms with van der Waals surface area (Å²) in [4.78, 5) is 24.5. The summed E-state index contributed by atoms with van der Waals surface area (Å²) in [6.07, 6.45) is -4.52. The first kappa shape index (κ1) is 21.7. The SMILES string of the molecule is O=C(COc1ccccc1O)Nc1cccc(C(=O)Nc2cccc(C(F)(F)F)c2)c1. The van der Waals surface area contributed by atoms with E-state index in [1.165, 1.54) is 42.5 Å². The van der Waals surface area contributed by atoms with Crippen molar-refractivity contribution in [1.29, 1.82) is 0 Å². The Balaban J connectivity index is 1.62. The average molecular weight is 430 g/mol. The molecule has 0 aliphatic carbocycles. The minimum Gasteiger partial charge on any atom is -0.504 e. The highest BCUT2D eigenvalue weighted by Crippen LogP contribution is 2.30. The van der Waals surface area contributed by atoms with E-state index in [2.05, 4.69) is 10.6 Å². The molecule has 0 spiro atoms. The molecule has 0 atom stereocenters. The maximum absolute atomic E-state index is 12.8. The summed E-state index contributed by atoms with van der Waals surface area (Å²) >= 11 is 0. The van der Waals surface area contributed by atoms with Gasteiger partial charge in [0.15, 0.2) is 18.1 Å². The van der Waals surface area contributed by atoms with Crippen LogP contribution in [0.3, 0.4) is 0 Å². The summed E-state index contributed by atoms with van der Waals surface area (Å²) in [5.74, 6) is -1.13. The third-order valence-corrected chi connectivity index (χ3v) is 4.08. The van der Waals surface area contributed by atoms with Crippen LogP contribution >= 0.6 is 0 Å². The summed E-state index contributed by atoms with van der Waals surface area (Å²) in [6, 6.07) is 16.3. The van der Waals surface area contributed by atoms with Crippen LogP contribution in [-0.4, -0.2) is 23.5 Å². The van der Waals surface area contributed by atoms with Gasteiger partial charge in [0.2, 0.25) is 0 Å². The maximum Gasteiger partial charge on any atom is 0.416 e. The molecule has 0 saturated carbocycles. The van der Waals surface area contributed by atoms with Crippen LogP contribution in [0.15, 0.2) is 72.8 Å². The number of aromatic hydroxyl groups is 1. The number of nitrogens with one attached hydrogen (secondary N) is 2. The van der Waals surface area contributed by atoms with Crippen LogP contribution in [0.25, 0.3) is 0 Å². The lowest BCUT2D eigenvalue weighted by Crippen LogP contribution is -2.20. The number of carbonyl (C=O) groups excluding carboxylic acids is 2. The number of amides is 2. The molecule has 0 unspecified atom stereocenters. The quantitative estimate of drug-likeness (QED) is 0.530. The lowest BCUT2D eigenvalue weighted by molar-refractivity contribution is -0.137. The van der Waals surface area contributed by atoms with Crippen molar-refractivity contribution < 1.29 is 32.6 Å². The molecule has 3 aromatic rings. The molecule has 2 amide bonds. The Kier molecular flexibility index (Phi) is 6.44. The molecule has 6 nitrogen and oxygen atoms in total. The number of hydrogen-bond donors (Lipinski definition) is 3. The molecule has 3 N–H and O–H groups in total. The topological polar surface area (TPSA) is 87.7 Å². The van der Waals surface area contributed by atoms with Crippen LogP contribution in [0.2, 0.25) is 0 Å². The summed E-state index contributed by atoms with van der Waals surface area (Å²) in [7, 11) is 0. The van der Waals surface area contributed by atoms with Crippen LogP contribution in [0.5, 0.6) is 11.5 Å². The number of anilines is 2. The Bertz CT molecular complexity index is 1100. The van der Waals surface area contributed by atoms with Gasteiger partial charge >= 0.3 is 6.18 Å². The Morgan fingerprint density at radius 1 is 0.871 bits per heavy atom. The van der Waals surface area contributed by atoms with Gasteiger partial charge < -0.3 is 20.5 Å². The van der Waals surface area contributed by atoms with Gasteiger partial charge in [-0.2, -0.15) is 13.2 Å². The van der Waals surface area contributed by atoms with Crippen molar-refractivity contribution in [3.05, 3.63) is 83.9 Å². The van der Waals surface area contributed by atoms with Crippen molar-refractivity contribution in [2.45, 2.75) is 6.18 Å². The number of carbonyl (C=O) groups is 2. The van der Waals surface area contributed by atoms with E-state index in [1.807, 2.05) is 0 Å². The standard InChI is InChI=1S/C22H17F3N2O4/c23-22(24,25)15-6-4-8-17(12-15)27-21(30)14-5-3-7-16(11-14)26-20(29)13-31-19-10-2-1-9-18(19)28/h1-12,28H,13H2,(H,26,29)(H,27,30). The first-order chi connectivity index (χ1) is 14.7. The molecule has 3 rings (SSSR count). The molecule has 0 bridgehead atoms. The van der Waals surface area contributed by atoms with Crippen LogP contribution in [0.1, 0.15) is 15.9 Å². The van der Waals surface area contributed by atoms with Crippen LogP contribution < -0.4 is 15.4 Å². The van der Waals surface area contributed by atoms with Crippen LogP contribution in [-0.2, 0) is 11.0 Å². The fourth-order valence-electron chi connectivity index (χ4n) is 2.63. The Morgan fingerprint density at radius 2 is 1.55 bits per heavy atom. The van der Waals surface area contributed by atoms with Gasteiger partial charge in [0.05, 0.1) is 5.56 Å². The number of para-hydroxylation sites is 2. The maximum atomic E-state index is 12.8. The predicted octanol–water partition coefficient (Wildman–Crippen LogP) is 4.68. The molecule has 31 heavy (non-hydrogen) atoms. The number of phenolic OH excluding ortho intramolecular Hbond substituents is 1. The lowest BCUT2D eigenvalue weighted by Gasteiger charge is -2.11. The number of alkyl halides is 3. The van der Waals surface area contributed by atoms with E-state index in [9.17, 15) is 27.9 Å². The molecule has 0 aromatic heterocycles. The molecule has 0 aliphatic heterocycles. The number of ether oxygens (including phenoxy) is 1. The second kappa shape index (κ2) is 9.21. The van der Waals surface area contributed by atoms with Crippen molar-refractivity contribution >= 4 is 23.2 Å². The van der Waals surface area contributed by atoms with E-state index < -0.39 is 23.6 Å². The zero-order chi connectivity index (χ0) is 22.4. The Hall–Kier alpha value is -4.01. The molecule has 3 aromatic carbocycles. The van der Waals surface area contributed by atoms with E-state index in [0.717, 1.165) is 12.1 Å². The molecular weight excluding hydrogens is 413 g/mol. The van der Waals surface area contributed by atoms with E-state index >= 15 is 0 Å². The lowest BCUT2D eigenvalue weighted by atomic mass is 10.1. The zero-order valence-electron chi connectivity index (χ0n) is 15.9. The van der Waals surface area contributed by atoms with Gasteiger partial charge in [-0.05, 0) is 48.5 Å². The number of rotatable bonds is 6. The fraction of sp³-hybridized carbons (Fsp3) is 0.0909. The predicted molar refractivity (Wildman–Crippen MR) is 108 cm³/mol. The summed E-state index contributed by atoms with van der Waals surface area (Å²) in [5, 5.41) is 14.6. The van der Waals surface area contributed by atoms with Crippen molar-refractivity contribution in [2.75, 3.05) is 17.2 Å². The van der Waals surface area contributed by atoms with E-state index in [1.54, 1.807) is 18.2 Å². The third kappa shape index (κ3) is 5.99. The minimum absolute atomic E-state index is 0.00895. The summed E-state index contributed by atoms with van der Waals surface area (Å²) in [5.41, 5.74) is -0.458. The van der Waals surface area contributed by atoms with Gasteiger partial charge in [-0.1, -0.05) is 24.3 Å². The number of halogens is 3. The van der Waals surface area contributed by atoms with Gasteiger partial charge in [-0.15, -0.1) is 0 Å². The Morgan fingerprint density at radius 3 is 2.26 bits per heavy atom. The molecule has 0 aliphatic rings. The first-order valence-corrected chi connectivity index (χ1v) is 9.02. The highest BCUT2D eigenvalue weighted by atomic mass is 19.4. The van der Waals surface area contributed by atoms with Crippen LogP contribution in [0.4, 0.5) is 24.5 Å². The molecule has 0 saturated heterocycles. The number of phenols is 1. The highest BCUT2D eigenvalue weighted by Gasteiger charge is 2.30. The summed E-state index contributed by atoms with van der Waals surface area (Å²) in [6.45, 7) is -0.377. The molecule has 9 heteroatoms. The fourth-order valence-corrected chi connectivity index (χ4v) is 2.63. The molecule has 0 fully saturated rings. The number of hydrogen-bond acceptors (Lipinski definition) is 4. The van der Waals surface area contributed by atoms with Crippen molar-refractivity contribution in [2.24, 2.45) is 0 Å². The van der Waals surface area contributed by atoms with E-state index in [4.69, 9.17) is 4.74 Å². The third-order valence-electron chi connectivity index (χ3n) is 4.08. The Labute approximate surface area is 175 Å². The average Bonchev–Trinajstić information content (AvgIpc) is 2.73. The second-order valence-electron chi connectivity index (χ2n) is 6.42. The summed E-state index contributed by atoms with van der Waals surface area (Å²) < 4.78 is 43.7. The minimum atomic E-state index is -4.52. The largest absolute Gasteiger partial charge is 0.504 e. The van der Waals surface area contributed by atoms with Gasteiger partial charge in [0, 0.05) is 16.9 Å². The molecular formula is C22H17F3N2O4. The van der Waals surface area contributed by atoms with Gasteiger partial charge in [-0.3, -0.25) is 9.59 Å². The monoisotopic (exact) mass is 430 g/mol. The van der Waals surface area contributed by atoms with Crippen molar-refractivity contribution in [3.8, 4) is 11.5 Å². The van der Waals surface area contributed by atoms with Crippen molar-refractivity contribution in [3.63, 3.8) is 0 Å². The van der Waals surface area contributed by atoms with Gasteiger partial charge in [0.25, 0.3) is 11.8 Å². The normalized spacial score (nSPS) is 10.9. The molecule has 0 radical (unpaired) electrons. The van der Waals surface area contributed by atoms with E-state index in [-0.39, 0.29) is 29.4 Å². The smallest absolute Gasteiger partial charge is 0.416 e. The molecule has 160 valence electrons. The van der Waals surface area contributed by atoms with Gasteiger partial charge in [-0.25, -0.2) is 0 Å². The van der Waals surface area contributed by atoms with E-state index in [0.29, 0.717) is 5.69 Å². The van der Waals surface area contributed by atoms with Crippen LogP contribution in [0, 0.1) is 0 Å². The highest BCUT2D eigenvalue weighted by molar-refractivity contribution is 6.05. The van der Waals surface area contributed by atoms with Crippen molar-refractivity contribution in [1.82, 2.24) is 0 Å². The zero-order valence-corrected chi connectivity index (χ0v) is 15.9. The number of benzene rings is 3. The molecule has 0 heterocycles.